The third-order valence-electron chi connectivity index (χ3n) is 1.63. The molecule has 0 radical (unpaired) electrons. The fraction of sp³-hybridized carbons (Fsp3) is 0.800. The Morgan fingerprint density at radius 3 is 2.64 bits per heavy atom. The number of hydrogen-bond acceptors (Lipinski definition) is 2. The Hall–Kier alpha value is -0.380. The Kier molecular flexibility index (Phi) is 2.32. The second-order valence-electron chi connectivity index (χ2n) is 2.52. The molecule has 1 rings (SSSR count). The first-order chi connectivity index (χ1) is 5.02. The lowest BCUT2D eigenvalue weighted by atomic mass is 10.5. The van der Waals surface area contributed by atoms with Crippen LogP contribution in [0, 0.1) is 0 Å². The first-order valence-corrected chi connectivity index (χ1v) is 5.11. The van der Waals surface area contributed by atoms with E-state index in [4.69, 9.17) is 10.00 Å². The minimum absolute atomic E-state index is 0.222. The van der Waals surface area contributed by atoms with Crippen molar-refractivity contribution >= 4 is 13.5 Å². The molecule has 1 aliphatic rings. The van der Waals surface area contributed by atoms with E-state index in [-0.39, 0.29) is 12.7 Å². The zero-order chi connectivity index (χ0) is 8.48. The van der Waals surface area contributed by atoms with Gasteiger partial charge in [-0.3, -0.25) is 9.36 Å². The molecule has 2 N–H and O–H groups in total. The molecule has 1 fully saturated rings. The summed E-state index contributed by atoms with van der Waals surface area (Å²) in [7, 11) is -3.25. The molecule has 0 spiro atoms. The minimum atomic E-state index is -3.25. The molecule has 0 amide bonds. The molecule has 1 aliphatic heterocycles. The average molecular weight is 179 g/mol. The largest absolute Gasteiger partial charge is 0.480 e. The van der Waals surface area contributed by atoms with E-state index in [2.05, 4.69) is 0 Å². The lowest BCUT2D eigenvalue weighted by Gasteiger charge is -2.16. The molecule has 0 bridgehead atoms. The Balaban J connectivity index is 2.58. The molecule has 1 saturated heterocycles. The zero-order valence-electron chi connectivity index (χ0n) is 5.93. The van der Waals surface area contributed by atoms with Crippen molar-refractivity contribution in [3.8, 4) is 0 Å². The standard InChI is InChI=1S/C5H10NO4P/c7-5(8)4-6-2-1-3-11(6,9)10/h1-4H2,(H,7,8)(H,9,10). The van der Waals surface area contributed by atoms with Crippen LogP contribution in [0.15, 0.2) is 0 Å². The van der Waals surface area contributed by atoms with Crippen molar-refractivity contribution in [2.45, 2.75) is 6.42 Å². The zero-order valence-corrected chi connectivity index (χ0v) is 6.83. The van der Waals surface area contributed by atoms with Crippen LogP contribution in [-0.2, 0) is 9.36 Å². The summed E-state index contributed by atoms with van der Waals surface area (Å²) in [4.78, 5) is 19.3. The molecule has 64 valence electrons. The first kappa shape index (κ1) is 8.71. The van der Waals surface area contributed by atoms with Gasteiger partial charge in [0.2, 0.25) is 0 Å². The topological polar surface area (TPSA) is 77.8 Å². The molecule has 1 unspecified atom stereocenters. The molecule has 0 aromatic carbocycles. The molecule has 1 heterocycles. The second-order valence-corrected chi connectivity index (χ2v) is 4.87. The highest BCUT2D eigenvalue weighted by molar-refractivity contribution is 7.55. The van der Waals surface area contributed by atoms with Crippen LogP contribution >= 0.6 is 7.52 Å². The Labute approximate surface area is 64.1 Å². The van der Waals surface area contributed by atoms with Crippen LogP contribution in [0.4, 0.5) is 0 Å². The molecule has 6 heteroatoms. The van der Waals surface area contributed by atoms with Gasteiger partial charge in [-0.25, -0.2) is 4.67 Å². The molecule has 0 aromatic rings. The fourth-order valence-electron chi connectivity index (χ4n) is 1.10. The molecular formula is C5H10NO4P. The summed E-state index contributed by atoms with van der Waals surface area (Å²) >= 11 is 0. The molecule has 5 nitrogen and oxygen atoms in total. The van der Waals surface area contributed by atoms with Gasteiger partial charge in [0, 0.05) is 12.7 Å². The molecule has 0 saturated carbocycles. The number of nitrogens with zero attached hydrogens (tertiary/aromatic N) is 1. The number of hydrogen-bond donors (Lipinski definition) is 2. The van der Waals surface area contributed by atoms with Gasteiger partial charge in [-0.15, -0.1) is 0 Å². The summed E-state index contributed by atoms with van der Waals surface area (Å²) in [6.07, 6.45) is 0.835. The smallest absolute Gasteiger partial charge is 0.318 e. The van der Waals surface area contributed by atoms with Crippen LogP contribution in [0.1, 0.15) is 6.42 Å². The third kappa shape index (κ3) is 2.02. The van der Waals surface area contributed by atoms with E-state index in [9.17, 15) is 9.36 Å². The number of aliphatic carboxylic acids is 1. The fourth-order valence-corrected chi connectivity index (χ4v) is 2.73. The predicted octanol–water partition coefficient (Wildman–Crippen LogP) is -0.0379. The van der Waals surface area contributed by atoms with E-state index < -0.39 is 13.5 Å². The Morgan fingerprint density at radius 2 is 2.27 bits per heavy atom. The van der Waals surface area contributed by atoms with E-state index in [1.165, 1.54) is 0 Å². The van der Waals surface area contributed by atoms with Gasteiger partial charge in [0.15, 0.2) is 0 Å². The maximum absolute atomic E-state index is 11.1. The maximum atomic E-state index is 11.1. The Morgan fingerprint density at radius 1 is 1.64 bits per heavy atom. The molecule has 0 aromatic heterocycles. The van der Waals surface area contributed by atoms with Gasteiger partial charge in [-0.1, -0.05) is 0 Å². The molecule has 11 heavy (non-hydrogen) atoms. The summed E-state index contributed by atoms with van der Waals surface area (Å²) in [5, 5.41) is 8.33. The van der Waals surface area contributed by atoms with Crippen molar-refractivity contribution in [3.63, 3.8) is 0 Å². The normalized spacial score (nSPS) is 32.5. The highest BCUT2D eigenvalue weighted by Gasteiger charge is 2.34. The van der Waals surface area contributed by atoms with Gasteiger partial charge in [-0.05, 0) is 6.42 Å². The highest BCUT2D eigenvalue weighted by atomic mass is 31.2. The number of rotatable bonds is 2. The van der Waals surface area contributed by atoms with Crippen molar-refractivity contribution in [1.29, 1.82) is 0 Å². The summed E-state index contributed by atoms with van der Waals surface area (Å²) in [6.45, 7) is 0.0911. The van der Waals surface area contributed by atoms with E-state index in [1.54, 1.807) is 0 Å². The molecular weight excluding hydrogens is 169 g/mol. The summed E-state index contributed by atoms with van der Waals surface area (Å²) < 4.78 is 12.2. The SMILES string of the molecule is O=C(O)CN1CCCP1(=O)O. The minimum Gasteiger partial charge on any atom is -0.480 e. The summed E-state index contributed by atoms with van der Waals surface area (Å²) in [6, 6.07) is 0. The highest BCUT2D eigenvalue weighted by Crippen LogP contribution is 2.49. The van der Waals surface area contributed by atoms with E-state index in [0.29, 0.717) is 13.0 Å². The maximum Gasteiger partial charge on any atom is 0.318 e. The lowest BCUT2D eigenvalue weighted by molar-refractivity contribution is -0.137. The van der Waals surface area contributed by atoms with E-state index in [1.807, 2.05) is 0 Å². The van der Waals surface area contributed by atoms with Crippen LogP contribution in [-0.4, -0.2) is 39.9 Å². The van der Waals surface area contributed by atoms with Crippen LogP contribution in [0.3, 0.4) is 0 Å². The van der Waals surface area contributed by atoms with Gasteiger partial charge >= 0.3 is 5.97 Å². The summed E-state index contributed by atoms with van der Waals surface area (Å²) in [5.41, 5.74) is 0. The number of carboxylic acids is 1. The quantitative estimate of drug-likeness (QED) is 0.581. The van der Waals surface area contributed by atoms with Gasteiger partial charge in [-0.2, -0.15) is 0 Å². The van der Waals surface area contributed by atoms with Gasteiger partial charge in [0.1, 0.15) is 6.54 Å². The van der Waals surface area contributed by atoms with E-state index in [0.717, 1.165) is 4.67 Å². The molecule has 1 atom stereocenters. The van der Waals surface area contributed by atoms with Crippen LogP contribution in [0.25, 0.3) is 0 Å². The first-order valence-electron chi connectivity index (χ1n) is 3.31. The van der Waals surface area contributed by atoms with Crippen LogP contribution < -0.4 is 0 Å². The predicted molar refractivity (Wildman–Crippen MR) is 38.5 cm³/mol. The van der Waals surface area contributed by atoms with Crippen molar-refractivity contribution in [1.82, 2.24) is 4.67 Å². The number of carboxylic acid groups (broad SMARTS) is 1. The second kappa shape index (κ2) is 2.93. The van der Waals surface area contributed by atoms with Gasteiger partial charge in [0.05, 0.1) is 0 Å². The molecule has 0 aliphatic carbocycles. The van der Waals surface area contributed by atoms with Crippen molar-refractivity contribution in [3.05, 3.63) is 0 Å². The van der Waals surface area contributed by atoms with Gasteiger partial charge in [0.25, 0.3) is 7.52 Å². The number of carbonyl (C=O) groups is 1. The van der Waals surface area contributed by atoms with Crippen molar-refractivity contribution < 1.29 is 19.4 Å². The summed E-state index contributed by atoms with van der Waals surface area (Å²) in [5.74, 6) is -1.05. The van der Waals surface area contributed by atoms with Crippen LogP contribution in [0.5, 0.6) is 0 Å². The van der Waals surface area contributed by atoms with Crippen molar-refractivity contribution in [2.24, 2.45) is 0 Å². The van der Waals surface area contributed by atoms with Gasteiger partial charge < -0.3 is 10.00 Å². The Bertz CT molecular complexity index is 217. The van der Waals surface area contributed by atoms with Crippen molar-refractivity contribution in [2.75, 3.05) is 19.3 Å². The van der Waals surface area contributed by atoms with E-state index >= 15 is 0 Å². The average Bonchev–Trinajstić information content (AvgIpc) is 2.10. The van der Waals surface area contributed by atoms with Crippen LogP contribution in [0.2, 0.25) is 0 Å². The lowest BCUT2D eigenvalue weighted by Crippen LogP contribution is -2.23. The third-order valence-corrected chi connectivity index (χ3v) is 3.75. The monoisotopic (exact) mass is 179 g/mol.